The maximum Gasteiger partial charge on any atom is 0.125 e. The number of rotatable bonds is 0. The molecule has 0 saturated carbocycles. The quantitative estimate of drug-likeness (QED) is 0.458. The van der Waals surface area contributed by atoms with Gasteiger partial charge in [0.2, 0.25) is 0 Å². The van der Waals surface area contributed by atoms with E-state index in [0.717, 1.165) is 10.8 Å². The van der Waals surface area contributed by atoms with Crippen LogP contribution in [0.25, 0.3) is 0 Å². The van der Waals surface area contributed by atoms with Crippen LogP contribution in [0.5, 0.6) is 0 Å². The lowest BCUT2D eigenvalue weighted by atomic mass is 10.8. The highest BCUT2D eigenvalue weighted by molar-refractivity contribution is 8.23. The summed E-state index contributed by atoms with van der Waals surface area (Å²) in [6.07, 6.45) is 0. The molecule has 2 nitrogen and oxygen atoms in total. The van der Waals surface area contributed by atoms with Gasteiger partial charge in [-0.3, -0.25) is 0 Å². The SMILES string of the molecule is [O-]N1CCSC1=S. The van der Waals surface area contributed by atoms with E-state index < -0.39 is 0 Å². The predicted octanol–water partition coefficient (Wildman–Crippen LogP) is 0.818. The van der Waals surface area contributed by atoms with Crippen LogP contribution in [0.3, 0.4) is 0 Å². The largest absolute Gasteiger partial charge is 0.757 e. The predicted molar refractivity (Wildman–Crippen MR) is 35.1 cm³/mol. The summed E-state index contributed by atoms with van der Waals surface area (Å²) in [5.74, 6) is 0.863. The van der Waals surface area contributed by atoms with E-state index in [9.17, 15) is 5.21 Å². The molecule has 7 heavy (non-hydrogen) atoms. The normalized spacial score (nSPS) is 21.3. The summed E-state index contributed by atoms with van der Waals surface area (Å²) in [5.41, 5.74) is 0. The van der Waals surface area contributed by atoms with Crippen LogP contribution in [0.1, 0.15) is 0 Å². The van der Waals surface area contributed by atoms with Crippen molar-refractivity contribution in [3.63, 3.8) is 0 Å². The van der Waals surface area contributed by atoms with Gasteiger partial charge in [-0.1, -0.05) is 24.0 Å². The molecule has 0 N–H and O–H groups in total. The second-order valence-electron chi connectivity index (χ2n) is 1.22. The first kappa shape index (κ1) is 5.34. The summed E-state index contributed by atoms with van der Waals surface area (Å²) in [6, 6.07) is 0. The van der Waals surface area contributed by atoms with Crippen molar-refractivity contribution in [2.24, 2.45) is 0 Å². The van der Waals surface area contributed by atoms with Crippen LogP contribution in [0.4, 0.5) is 0 Å². The number of nitrogens with zero attached hydrogens (tertiary/aromatic N) is 1. The molecular weight excluding hydrogens is 130 g/mol. The second kappa shape index (κ2) is 1.98. The Morgan fingerprint density at radius 3 is 2.71 bits per heavy atom. The van der Waals surface area contributed by atoms with E-state index in [1.165, 1.54) is 11.8 Å². The molecule has 1 aliphatic rings. The van der Waals surface area contributed by atoms with Crippen LogP contribution in [-0.4, -0.2) is 21.7 Å². The molecule has 1 aliphatic heterocycles. The third-order valence-corrected chi connectivity index (χ3v) is 2.12. The first-order chi connectivity index (χ1) is 3.30. The summed E-state index contributed by atoms with van der Waals surface area (Å²) in [7, 11) is 0. The molecule has 0 aliphatic carbocycles. The van der Waals surface area contributed by atoms with Crippen LogP contribution in [0.15, 0.2) is 0 Å². The minimum Gasteiger partial charge on any atom is -0.757 e. The lowest BCUT2D eigenvalue weighted by molar-refractivity contribution is 0.634. The molecule has 1 fully saturated rings. The average Bonchev–Trinajstić information content (AvgIpc) is 1.91. The zero-order valence-corrected chi connectivity index (χ0v) is 5.22. The van der Waals surface area contributed by atoms with Gasteiger partial charge in [0.15, 0.2) is 0 Å². The molecule has 0 aromatic carbocycles. The van der Waals surface area contributed by atoms with Crippen LogP contribution in [0.2, 0.25) is 0 Å². The van der Waals surface area contributed by atoms with Crippen LogP contribution < -0.4 is 0 Å². The Labute approximate surface area is 51.5 Å². The van der Waals surface area contributed by atoms with E-state index in [2.05, 4.69) is 12.2 Å². The molecule has 40 valence electrons. The first-order valence-corrected chi connectivity index (χ1v) is 3.31. The molecule has 1 rings (SSSR count). The molecule has 0 unspecified atom stereocenters. The van der Waals surface area contributed by atoms with Crippen LogP contribution in [0, 0.1) is 5.21 Å². The van der Waals surface area contributed by atoms with Crippen molar-refractivity contribution in [3.05, 3.63) is 5.21 Å². The van der Waals surface area contributed by atoms with Crippen molar-refractivity contribution in [2.75, 3.05) is 12.3 Å². The maximum absolute atomic E-state index is 10.3. The molecule has 0 atom stereocenters. The van der Waals surface area contributed by atoms with E-state index in [4.69, 9.17) is 0 Å². The third-order valence-electron chi connectivity index (χ3n) is 0.724. The van der Waals surface area contributed by atoms with Crippen molar-refractivity contribution in [2.45, 2.75) is 0 Å². The lowest BCUT2D eigenvalue weighted by Gasteiger charge is -2.21. The number of hydroxylamine groups is 2. The van der Waals surface area contributed by atoms with Crippen LogP contribution in [-0.2, 0) is 0 Å². The molecule has 1 saturated heterocycles. The standard InChI is InChI=1S/C3H4NOS2/c5-4-1-2-7-3(4)6/h1-2H2/q-1. The molecule has 0 aromatic rings. The molecule has 0 spiro atoms. The van der Waals surface area contributed by atoms with Gasteiger partial charge in [-0.05, 0) is 0 Å². The van der Waals surface area contributed by atoms with Gasteiger partial charge < -0.3 is 10.3 Å². The van der Waals surface area contributed by atoms with Crippen molar-refractivity contribution >= 4 is 28.3 Å². The topological polar surface area (TPSA) is 26.3 Å². The van der Waals surface area contributed by atoms with E-state index in [1.54, 1.807) is 0 Å². The Morgan fingerprint density at radius 1 is 1.86 bits per heavy atom. The molecule has 4 heteroatoms. The number of thioether (sulfide) groups is 1. The molecule has 0 bridgehead atoms. The summed E-state index contributed by atoms with van der Waals surface area (Å²) in [6.45, 7) is 0.573. The van der Waals surface area contributed by atoms with Crippen molar-refractivity contribution < 1.29 is 0 Å². The van der Waals surface area contributed by atoms with Crippen molar-refractivity contribution in [1.82, 2.24) is 5.06 Å². The number of hydrogen-bond acceptors (Lipinski definition) is 3. The third kappa shape index (κ3) is 1.05. The maximum atomic E-state index is 10.3. The zero-order chi connectivity index (χ0) is 5.28. The summed E-state index contributed by atoms with van der Waals surface area (Å²) in [4.78, 5) is 0. The highest BCUT2D eigenvalue weighted by Gasteiger charge is 2.06. The van der Waals surface area contributed by atoms with E-state index >= 15 is 0 Å². The van der Waals surface area contributed by atoms with Gasteiger partial charge in [-0.25, -0.2) is 0 Å². The van der Waals surface area contributed by atoms with Gasteiger partial charge in [0.1, 0.15) is 4.32 Å². The molecule has 0 amide bonds. The van der Waals surface area contributed by atoms with Gasteiger partial charge in [-0.2, -0.15) is 0 Å². The van der Waals surface area contributed by atoms with Gasteiger partial charge in [-0.15, -0.1) is 0 Å². The summed E-state index contributed by atoms with van der Waals surface area (Å²) in [5, 5.41) is 11.2. The number of hydrogen-bond donors (Lipinski definition) is 0. The Bertz CT molecular complexity index is 94.9. The Balaban J connectivity index is 2.48. The highest BCUT2D eigenvalue weighted by Crippen LogP contribution is 2.15. The Kier molecular flexibility index (Phi) is 1.51. The van der Waals surface area contributed by atoms with E-state index in [1.807, 2.05) is 0 Å². The van der Waals surface area contributed by atoms with Gasteiger partial charge >= 0.3 is 0 Å². The molecule has 1 heterocycles. The van der Waals surface area contributed by atoms with Gasteiger partial charge in [0, 0.05) is 12.3 Å². The second-order valence-corrected chi connectivity index (χ2v) is 2.95. The minimum atomic E-state index is 0.486. The lowest BCUT2D eigenvalue weighted by Crippen LogP contribution is -2.13. The average molecular weight is 134 g/mol. The summed E-state index contributed by atoms with van der Waals surface area (Å²) >= 11 is 6.07. The Hall–Kier alpha value is 0.200. The van der Waals surface area contributed by atoms with Gasteiger partial charge in [0.25, 0.3) is 0 Å². The molecular formula is C3H4NOS2-. The zero-order valence-electron chi connectivity index (χ0n) is 3.59. The van der Waals surface area contributed by atoms with Crippen molar-refractivity contribution in [1.29, 1.82) is 0 Å². The van der Waals surface area contributed by atoms with E-state index in [-0.39, 0.29) is 0 Å². The van der Waals surface area contributed by atoms with E-state index in [0.29, 0.717) is 10.9 Å². The smallest absolute Gasteiger partial charge is 0.125 e. The molecule has 0 radical (unpaired) electrons. The molecule has 0 aromatic heterocycles. The van der Waals surface area contributed by atoms with Crippen LogP contribution >= 0.6 is 24.0 Å². The fourth-order valence-electron chi connectivity index (χ4n) is 0.379. The monoisotopic (exact) mass is 134 g/mol. The van der Waals surface area contributed by atoms with Gasteiger partial charge in [0.05, 0.1) is 0 Å². The number of thiocarbonyl (C=S) groups is 1. The highest BCUT2D eigenvalue weighted by atomic mass is 32.2. The summed E-state index contributed by atoms with van der Waals surface area (Å²) < 4.78 is 0.486. The Morgan fingerprint density at radius 2 is 2.57 bits per heavy atom. The fourth-order valence-corrected chi connectivity index (χ4v) is 1.39. The fraction of sp³-hybridized carbons (Fsp3) is 0.667. The first-order valence-electron chi connectivity index (χ1n) is 1.92. The van der Waals surface area contributed by atoms with Crippen molar-refractivity contribution in [3.8, 4) is 0 Å². The minimum absolute atomic E-state index is 0.486.